The lowest BCUT2D eigenvalue weighted by Gasteiger charge is -2.13. The topological polar surface area (TPSA) is 67.8 Å². The molecule has 2 aromatic carbocycles. The van der Waals surface area contributed by atoms with Crippen LogP contribution in [-0.4, -0.2) is 26.6 Å². The molecule has 0 saturated heterocycles. The molecular weight excluding hydrogens is 374 g/mol. The smallest absolute Gasteiger partial charge is 0.228 e. The largest absolute Gasteiger partial charge is 0.495 e. The lowest BCUT2D eigenvalue weighted by molar-refractivity contribution is 0.416. The van der Waals surface area contributed by atoms with Crippen LogP contribution in [0.4, 0.5) is 11.6 Å². The number of ether oxygens (including phenoxy) is 1. The van der Waals surface area contributed by atoms with E-state index in [2.05, 4.69) is 72.3 Å². The van der Waals surface area contributed by atoms with Crippen LogP contribution in [0.15, 0.2) is 54.9 Å². The Kier molecular flexibility index (Phi) is 4.20. The monoisotopic (exact) mass is 397 g/mol. The van der Waals surface area contributed by atoms with Crippen LogP contribution in [0, 0.1) is 13.8 Å². The Bertz CT molecular complexity index is 1400. The summed E-state index contributed by atoms with van der Waals surface area (Å²) in [6.07, 6.45) is 4.02. The second kappa shape index (κ2) is 6.91. The summed E-state index contributed by atoms with van der Waals surface area (Å²) < 4.78 is 7.70. The molecular formula is C24H23N5O. The highest BCUT2D eigenvalue weighted by atomic mass is 16.5. The van der Waals surface area contributed by atoms with E-state index in [1.807, 2.05) is 18.3 Å². The summed E-state index contributed by atoms with van der Waals surface area (Å²) in [7, 11) is 3.73. The molecule has 3 aromatic heterocycles. The number of para-hydroxylation sites is 1. The quantitative estimate of drug-likeness (QED) is 0.421. The Labute approximate surface area is 174 Å². The van der Waals surface area contributed by atoms with Gasteiger partial charge in [0.2, 0.25) is 5.95 Å². The third kappa shape index (κ3) is 2.88. The Morgan fingerprint density at radius 2 is 1.83 bits per heavy atom. The van der Waals surface area contributed by atoms with Crippen molar-refractivity contribution < 1.29 is 4.74 Å². The number of aromatic nitrogens is 4. The zero-order valence-corrected chi connectivity index (χ0v) is 17.4. The zero-order chi connectivity index (χ0) is 20.8. The first-order valence-electron chi connectivity index (χ1n) is 9.87. The minimum absolute atomic E-state index is 0.534. The van der Waals surface area contributed by atoms with Gasteiger partial charge in [0.15, 0.2) is 0 Å². The fraction of sp³-hybridized carbons (Fsp3) is 0.167. The number of fused-ring (bicyclic) bond motifs is 2. The van der Waals surface area contributed by atoms with Crippen molar-refractivity contribution in [2.75, 3.05) is 12.4 Å². The molecule has 0 amide bonds. The fourth-order valence-electron chi connectivity index (χ4n) is 3.90. The molecule has 0 unspecified atom stereocenters. The van der Waals surface area contributed by atoms with Gasteiger partial charge in [0.05, 0.1) is 23.8 Å². The van der Waals surface area contributed by atoms with Gasteiger partial charge in [-0.15, -0.1) is 0 Å². The van der Waals surface area contributed by atoms with Gasteiger partial charge in [0.25, 0.3) is 0 Å². The summed E-state index contributed by atoms with van der Waals surface area (Å²) in [5.74, 6) is 1.30. The number of hydrogen-bond donors (Lipinski definition) is 2. The SMILES string of the molecule is COc1cc(C)c(C)cc1Nc1nc(-c2cn(C)c3ccccc23)c2[nH]ccc2n1. The van der Waals surface area contributed by atoms with Crippen molar-refractivity contribution in [3.8, 4) is 17.0 Å². The summed E-state index contributed by atoms with van der Waals surface area (Å²) in [5, 5.41) is 4.53. The highest BCUT2D eigenvalue weighted by molar-refractivity contribution is 6.02. The first-order chi connectivity index (χ1) is 14.5. The number of aromatic amines is 1. The van der Waals surface area contributed by atoms with Gasteiger partial charge >= 0.3 is 0 Å². The normalized spacial score (nSPS) is 11.3. The molecule has 5 rings (SSSR count). The highest BCUT2D eigenvalue weighted by Gasteiger charge is 2.17. The van der Waals surface area contributed by atoms with Crippen molar-refractivity contribution in [3.05, 3.63) is 66.0 Å². The van der Waals surface area contributed by atoms with E-state index in [0.29, 0.717) is 5.95 Å². The second-order valence-corrected chi connectivity index (χ2v) is 7.57. The molecule has 0 spiro atoms. The third-order valence-electron chi connectivity index (χ3n) is 5.62. The maximum Gasteiger partial charge on any atom is 0.228 e. The van der Waals surface area contributed by atoms with Gasteiger partial charge in [-0.3, -0.25) is 0 Å². The first-order valence-corrected chi connectivity index (χ1v) is 9.87. The number of methoxy groups -OCH3 is 1. The van der Waals surface area contributed by atoms with Gasteiger partial charge in [0.1, 0.15) is 11.4 Å². The van der Waals surface area contributed by atoms with Gasteiger partial charge in [0, 0.05) is 35.9 Å². The van der Waals surface area contributed by atoms with Crippen LogP contribution in [0.2, 0.25) is 0 Å². The molecule has 0 atom stereocenters. The van der Waals surface area contributed by atoms with Gasteiger partial charge in [-0.25, -0.2) is 9.97 Å². The van der Waals surface area contributed by atoms with Crippen molar-refractivity contribution in [1.29, 1.82) is 0 Å². The van der Waals surface area contributed by atoms with E-state index in [-0.39, 0.29) is 0 Å². The Hall–Kier alpha value is -3.80. The maximum atomic E-state index is 5.57. The zero-order valence-electron chi connectivity index (χ0n) is 17.4. The molecule has 0 bridgehead atoms. The van der Waals surface area contributed by atoms with Crippen LogP contribution in [0.3, 0.4) is 0 Å². The molecule has 5 aromatic rings. The number of anilines is 2. The molecule has 0 radical (unpaired) electrons. The van der Waals surface area contributed by atoms with Crippen molar-refractivity contribution in [2.24, 2.45) is 7.05 Å². The summed E-state index contributed by atoms with van der Waals surface area (Å²) in [6.45, 7) is 4.15. The number of rotatable bonds is 4. The molecule has 3 heterocycles. The predicted molar refractivity (Wildman–Crippen MR) is 122 cm³/mol. The minimum atomic E-state index is 0.534. The van der Waals surface area contributed by atoms with Crippen LogP contribution < -0.4 is 10.1 Å². The average molecular weight is 397 g/mol. The van der Waals surface area contributed by atoms with E-state index >= 15 is 0 Å². The molecule has 0 aliphatic rings. The Balaban J connectivity index is 1.69. The first kappa shape index (κ1) is 18.2. The van der Waals surface area contributed by atoms with Gasteiger partial charge < -0.3 is 19.6 Å². The van der Waals surface area contributed by atoms with Crippen molar-refractivity contribution >= 4 is 33.6 Å². The highest BCUT2D eigenvalue weighted by Crippen LogP contribution is 2.35. The lowest BCUT2D eigenvalue weighted by Crippen LogP contribution is -2.02. The van der Waals surface area contributed by atoms with E-state index in [0.717, 1.165) is 44.6 Å². The average Bonchev–Trinajstić information content (AvgIpc) is 3.35. The summed E-state index contributed by atoms with van der Waals surface area (Å²) in [6, 6.07) is 14.4. The molecule has 0 saturated carbocycles. The number of nitrogens with one attached hydrogen (secondary N) is 2. The third-order valence-corrected chi connectivity index (χ3v) is 5.62. The van der Waals surface area contributed by atoms with Crippen LogP contribution >= 0.6 is 0 Å². The number of aryl methyl sites for hydroxylation is 3. The second-order valence-electron chi connectivity index (χ2n) is 7.57. The van der Waals surface area contributed by atoms with E-state index in [1.165, 1.54) is 11.1 Å². The van der Waals surface area contributed by atoms with Gasteiger partial charge in [-0.1, -0.05) is 18.2 Å². The summed E-state index contributed by atoms with van der Waals surface area (Å²) in [5.41, 5.74) is 8.08. The Morgan fingerprint density at radius 3 is 2.67 bits per heavy atom. The molecule has 0 aliphatic carbocycles. The van der Waals surface area contributed by atoms with E-state index in [1.54, 1.807) is 7.11 Å². The number of H-pyrrole nitrogens is 1. The van der Waals surface area contributed by atoms with Crippen LogP contribution in [0.1, 0.15) is 11.1 Å². The number of hydrogen-bond acceptors (Lipinski definition) is 4. The summed E-state index contributed by atoms with van der Waals surface area (Å²) in [4.78, 5) is 12.9. The molecule has 150 valence electrons. The van der Waals surface area contributed by atoms with Crippen LogP contribution in [0.5, 0.6) is 5.75 Å². The number of nitrogens with zero attached hydrogens (tertiary/aromatic N) is 3. The van der Waals surface area contributed by atoms with E-state index in [4.69, 9.17) is 14.7 Å². The Morgan fingerprint density at radius 1 is 1.03 bits per heavy atom. The molecule has 0 fully saturated rings. The van der Waals surface area contributed by atoms with Crippen molar-refractivity contribution in [1.82, 2.24) is 19.5 Å². The molecule has 6 nitrogen and oxygen atoms in total. The molecule has 2 N–H and O–H groups in total. The van der Waals surface area contributed by atoms with E-state index in [9.17, 15) is 0 Å². The fourth-order valence-corrected chi connectivity index (χ4v) is 3.90. The van der Waals surface area contributed by atoms with Crippen molar-refractivity contribution in [3.63, 3.8) is 0 Å². The number of benzene rings is 2. The van der Waals surface area contributed by atoms with Crippen LogP contribution in [0.25, 0.3) is 33.2 Å². The van der Waals surface area contributed by atoms with Gasteiger partial charge in [-0.2, -0.15) is 0 Å². The minimum Gasteiger partial charge on any atom is -0.495 e. The molecule has 30 heavy (non-hydrogen) atoms. The standard InChI is InChI=1S/C24H23N5O/c1-14-11-19(21(30-4)12-15(14)2)27-24-26-18-9-10-25-23(18)22(28-24)17-13-29(3)20-8-6-5-7-16(17)20/h5-13,25H,1-4H3,(H,26,27,28). The lowest BCUT2D eigenvalue weighted by atomic mass is 10.1. The van der Waals surface area contributed by atoms with Gasteiger partial charge in [-0.05, 0) is 49.2 Å². The van der Waals surface area contributed by atoms with E-state index < -0.39 is 0 Å². The molecule has 6 heteroatoms. The van der Waals surface area contributed by atoms with Crippen LogP contribution in [-0.2, 0) is 7.05 Å². The summed E-state index contributed by atoms with van der Waals surface area (Å²) >= 11 is 0. The molecule has 0 aliphatic heterocycles. The predicted octanol–water partition coefficient (Wildman–Crippen LogP) is 5.49. The maximum absolute atomic E-state index is 5.57. The van der Waals surface area contributed by atoms with Crippen molar-refractivity contribution in [2.45, 2.75) is 13.8 Å².